The van der Waals surface area contributed by atoms with Crippen molar-refractivity contribution in [2.75, 3.05) is 13.2 Å². The molecule has 27 heavy (non-hydrogen) atoms. The van der Waals surface area contributed by atoms with Crippen LogP contribution in [0.4, 0.5) is 0 Å². The van der Waals surface area contributed by atoms with Gasteiger partial charge >= 0.3 is 11.9 Å². The Morgan fingerprint density at radius 1 is 0.852 bits per heavy atom. The van der Waals surface area contributed by atoms with Gasteiger partial charge in [0, 0.05) is 0 Å². The molecule has 0 aromatic rings. The Morgan fingerprint density at radius 2 is 1.37 bits per heavy atom. The number of ether oxygens (including phenoxy) is 2. The van der Waals surface area contributed by atoms with Crippen LogP contribution in [0.2, 0.25) is 0 Å². The molecule has 2 rings (SSSR count). The highest BCUT2D eigenvalue weighted by Gasteiger charge is 2.41. The Morgan fingerprint density at radius 3 is 1.85 bits per heavy atom. The Bertz CT molecular complexity index is 438. The molecule has 0 amide bonds. The van der Waals surface area contributed by atoms with E-state index in [-0.39, 0.29) is 35.8 Å². The van der Waals surface area contributed by atoms with Gasteiger partial charge in [0.1, 0.15) is 0 Å². The van der Waals surface area contributed by atoms with Gasteiger partial charge in [-0.25, -0.2) is 0 Å². The van der Waals surface area contributed by atoms with E-state index in [0.717, 1.165) is 44.9 Å². The Kier molecular flexibility index (Phi) is 9.56. The highest BCUT2D eigenvalue weighted by Crippen LogP contribution is 2.37. The van der Waals surface area contributed by atoms with Gasteiger partial charge in [-0.1, -0.05) is 13.3 Å². The van der Waals surface area contributed by atoms with Gasteiger partial charge in [0.15, 0.2) is 0 Å². The minimum Gasteiger partial charge on any atom is -0.465 e. The first-order chi connectivity index (χ1) is 13.0. The Balaban J connectivity index is 1.87. The summed E-state index contributed by atoms with van der Waals surface area (Å²) >= 11 is 0. The number of esters is 2. The second kappa shape index (κ2) is 11.6. The van der Waals surface area contributed by atoms with Crippen molar-refractivity contribution in [3.8, 4) is 0 Å². The maximum atomic E-state index is 12.3. The van der Waals surface area contributed by atoms with Crippen LogP contribution in [0.1, 0.15) is 77.6 Å². The van der Waals surface area contributed by atoms with E-state index in [9.17, 15) is 19.8 Å². The Hall–Kier alpha value is -1.14. The maximum Gasteiger partial charge on any atom is 0.309 e. The molecule has 2 saturated heterocycles. The molecule has 0 aromatic heterocycles. The second-order valence-electron chi connectivity index (χ2n) is 8.10. The van der Waals surface area contributed by atoms with Gasteiger partial charge in [-0.3, -0.25) is 9.59 Å². The van der Waals surface area contributed by atoms with Gasteiger partial charge in [0.05, 0.1) is 37.3 Å². The lowest BCUT2D eigenvalue weighted by atomic mass is 9.73. The summed E-state index contributed by atoms with van der Waals surface area (Å²) in [7, 11) is 0. The molecule has 2 aliphatic rings. The highest BCUT2D eigenvalue weighted by atomic mass is 16.5. The summed E-state index contributed by atoms with van der Waals surface area (Å²) in [6.07, 6.45) is 7.44. The predicted octanol–water partition coefficient (Wildman–Crippen LogP) is 2.98. The molecule has 0 radical (unpaired) electrons. The van der Waals surface area contributed by atoms with Crippen molar-refractivity contribution < 1.29 is 29.3 Å². The van der Waals surface area contributed by atoms with Gasteiger partial charge in [-0.05, 0) is 70.1 Å². The number of carbonyl (C=O) groups excluding carboxylic acids is 2. The first kappa shape index (κ1) is 22.2. The van der Waals surface area contributed by atoms with E-state index >= 15 is 0 Å². The second-order valence-corrected chi connectivity index (χ2v) is 8.10. The summed E-state index contributed by atoms with van der Waals surface area (Å²) in [4.78, 5) is 24.5. The zero-order chi connectivity index (χ0) is 19.6. The van der Waals surface area contributed by atoms with Crippen LogP contribution in [-0.4, -0.2) is 47.6 Å². The number of hydrogen-bond acceptors (Lipinski definition) is 6. The molecule has 2 N–H and O–H groups in total. The SMILES string of the molecule is CCCC(O)CCCC(O)CCC(C1CCCOC1=O)C1CCCOC1=O. The molecular formula is C21H36O6. The van der Waals surface area contributed by atoms with Gasteiger partial charge < -0.3 is 19.7 Å². The third kappa shape index (κ3) is 7.07. The lowest BCUT2D eigenvalue weighted by Crippen LogP contribution is -2.40. The molecule has 0 spiro atoms. The predicted molar refractivity (Wildman–Crippen MR) is 101 cm³/mol. The van der Waals surface area contributed by atoms with Gasteiger partial charge in [0.2, 0.25) is 0 Å². The van der Waals surface area contributed by atoms with Crippen LogP contribution in [0.5, 0.6) is 0 Å². The molecule has 6 nitrogen and oxygen atoms in total. The average molecular weight is 385 g/mol. The van der Waals surface area contributed by atoms with E-state index < -0.39 is 6.10 Å². The van der Waals surface area contributed by atoms with Crippen molar-refractivity contribution in [3.63, 3.8) is 0 Å². The smallest absolute Gasteiger partial charge is 0.309 e. The third-order valence-electron chi connectivity index (χ3n) is 5.98. The minimum absolute atomic E-state index is 0.120. The lowest BCUT2D eigenvalue weighted by Gasteiger charge is -2.35. The fraction of sp³-hybridized carbons (Fsp3) is 0.905. The molecule has 2 fully saturated rings. The zero-order valence-electron chi connectivity index (χ0n) is 16.6. The first-order valence-electron chi connectivity index (χ1n) is 10.7. The average Bonchev–Trinajstić information content (AvgIpc) is 2.64. The third-order valence-corrected chi connectivity index (χ3v) is 5.98. The van der Waals surface area contributed by atoms with E-state index in [1.54, 1.807) is 0 Å². The quantitative estimate of drug-likeness (QED) is 0.532. The van der Waals surface area contributed by atoms with Crippen LogP contribution in [0.25, 0.3) is 0 Å². The number of carbonyl (C=O) groups is 2. The molecule has 4 atom stereocenters. The van der Waals surface area contributed by atoms with Crippen molar-refractivity contribution in [1.82, 2.24) is 0 Å². The lowest BCUT2D eigenvalue weighted by molar-refractivity contribution is -0.163. The molecular weight excluding hydrogens is 348 g/mol. The molecule has 0 aromatic carbocycles. The molecule has 6 heteroatoms. The van der Waals surface area contributed by atoms with E-state index in [1.807, 2.05) is 6.92 Å². The summed E-state index contributed by atoms with van der Waals surface area (Å²) in [5.41, 5.74) is 0. The monoisotopic (exact) mass is 384 g/mol. The standard InChI is InChI=1S/C21H36O6/c1-2-6-15(22)7-3-8-16(23)11-12-17(18-9-4-13-26-20(18)24)19-10-5-14-27-21(19)25/h15-19,22-23H,2-14H2,1H3. The van der Waals surface area contributed by atoms with Crippen molar-refractivity contribution in [2.24, 2.45) is 17.8 Å². The van der Waals surface area contributed by atoms with Crippen LogP contribution in [0.3, 0.4) is 0 Å². The summed E-state index contributed by atoms with van der Waals surface area (Å²) in [5.74, 6) is -1.07. The molecule has 2 heterocycles. The van der Waals surface area contributed by atoms with E-state index in [4.69, 9.17) is 9.47 Å². The van der Waals surface area contributed by atoms with E-state index in [2.05, 4.69) is 0 Å². The van der Waals surface area contributed by atoms with Crippen molar-refractivity contribution in [1.29, 1.82) is 0 Å². The van der Waals surface area contributed by atoms with Gasteiger partial charge in [-0.15, -0.1) is 0 Å². The summed E-state index contributed by atoms with van der Waals surface area (Å²) in [6.45, 7) is 2.96. The fourth-order valence-corrected chi connectivity index (χ4v) is 4.46. The molecule has 156 valence electrons. The van der Waals surface area contributed by atoms with Crippen LogP contribution in [0, 0.1) is 17.8 Å². The number of hydrogen-bond donors (Lipinski definition) is 2. The van der Waals surface area contributed by atoms with Crippen molar-refractivity contribution in [3.05, 3.63) is 0 Å². The van der Waals surface area contributed by atoms with Crippen LogP contribution in [-0.2, 0) is 19.1 Å². The van der Waals surface area contributed by atoms with Crippen LogP contribution < -0.4 is 0 Å². The molecule has 2 aliphatic heterocycles. The minimum atomic E-state index is -0.472. The zero-order valence-corrected chi connectivity index (χ0v) is 16.6. The van der Waals surface area contributed by atoms with Crippen LogP contribution in [0.15, 0.2) is 0 Å². The Labute approximate surface area is 162 Å². The normalized spacial score (nSPS) is 26.8. The van der Waals surface area contributed by atoms with Crippen LogP contribution >= 0.6 is 0 Å². The van der Waals surface area contributed by atoms with Gasteiger partial charge in [-0.2, -0.15) is 0 Å². The maximum absolute atomic E-state index is 12.3. The van der Waals surface area contributed by atoms with Crippen molar-refractivity contribution in [2.45, 2.75) is 89.8 Å². The number of aliphatic hydroxyl groups excluding tert-OH is 2. The largest absolute Gasteiger partial charge is 0.465 e. The number of rotatable bonds is 11. The number of cyclic esters (lactones) is 2. The van der Waals surface area contributed by atoms with Crippen molar-refractivity contribution >= 4 is 11.9 Å². The summed E-state index contributed by atoms with van der Waals surface area (Å²) in [5, 5.41) is 20.1. The van der Waals surface area contributed by atoms with E-state index in [0.29, 0.717) is 38.9 Å². The molecule has 4 unspecified atom stereocenters. The first-order valence-corrected chi connectivity index (χ1v) is 10.7. The topological polar surface area (TPSA) is 93.1 Å². The van der Waals surface area contributed by atoms with E-state index in [1.165, 1.54) is 0 Å². The molecule has 0 saturated carbocycles. The van der Waals surface area contributed by atoms with Gasteiger partial charge in [0.25, 0.3) is 0 Å². The highest BCUT2D eigenvalue weighted by molar-refractivity contribution is 5.77. The summed E-state index contributed by atoms with van der Waals surface area (Å²) < 4.78 is 10.5. The molecule has 0 aliphatic carbocycles. The number of aliphatic hydroxyl groups is 2. The summed E-state index contributed by atoms with van der Waals surface area (Å²) in [6, 6.07) is 0. The molecule has 0 bridgehead atoms. The fourth-order valence-electron chi connectivity index (χ4n) is 4.46.